The first-order chi connectivity index (χ1) is 14.6. The Morgan fingerprint density at radius 1 is 0.400 bits per heavy atom. The van der Waals surface area contributed by atoms with E-state index in [0.29, 0.717) is 5.54 Å². The van der Waals surface area contributed by atoms with Gasteiger partial charge in [0.05, 0.1) is 0 Å². The molecule has 0 saturated carbocycles. The molecule has 0 aromatic rings. The van der Waals surface area contributed by atoms with Crippen LogP contribution < -0.4 is 0 Å². The van der Waals surface area contributed by atoms with Crippen molar-refractivity contribution < 1.29 is 0 Å². The highest BCUT2D eigenvalue weighted by molar-refractivity contribution is 4.86. The SMILES string of the molecule is CCCCCCCCCCCCC(CC)(CCCCCCCCCCCC)N(C)C. The zero-order valence-corrected chi connectivity index (χ0v) is 22.2. The van der Waals surface area contributed by atoms with Crippen molar-refractivity contribution in [3.05, 3.63) is 0 Å². The lowest BCUT2D eigenvalue weighted by molar-refractivity contribution is 0.113. The zero-order chi connectivity index (χ0) is 22.3. The summed E-state index contributed by atoms with van der Waals surface area (Å²) in [6.07, 6.45) is 33.0. The summed E-state index contributed by atoms with van der Waals surface area (Å²) in [5, 5.41) is 0. The maximum absolute atomic E-state index is 2.56. The van der Waals surface area contributed by atoms with Crippen LogP contribution in [0.5, 0.6) is 0 Å². The van der Waals surface area contributed by atoms with Crippen molar-refractivity contribution in [3.8, 4) is 0 Å². The quantitative estimate of drug-likeness (QED) is 0.139. The second-order valence-electron chi connectivity index (χ2n) is 10.3. The largest absolute Gasteiger partial charge is 0.304 e. The van der Waals surface area contributed by atoms with Gasteiger partial charge in [-0.1, -0.05) is 149 Å². The van der Waals surface area contributed by atoms with Gasteiger partial charge in [0, 0.05) is 5.54 Å². The van der Waals surface area contributed by atoms with Crippen LogP contribution in [-0.2, 0) is 0 Å². The topological polar surface area (TPSA) is 3.24 Å². The Labute approximate surface area is 193 Å². The van der Waals surface area contributed by atoms with Crippen LogP contribution in [0.4, 0.5) is 0 Å². The average molecular weight is 424 g/mol. The Kier molecular flexibility index (Phi) is 22.1. The molecule has 0 amide bonds. The van der Waals surface area contributed by atoms with Gasteiger partial charge in [0.25, 0.3) is 0 Å². The summed E-state index contributed by atoms with van der Waals surface area (Å²) in [6, 6.07) is 0. The van der Waals surface area contributed by atoms with E-state index in [0.717, 1.165) is 0 Å². The molecule has 0 aliphatic carbocycles. The summed E-state index contributed by atoms with van der Waals surface area (Å²) >= 11 is 0. The summed E-state index contributed by atoms with van der Waals surface area (Å²) in [5.74, 6) is 0. The minimum Gasteiger partial charge on any atom is -0.304 e. The monoisotopic (exact) mass is 423 g/mol. The molecule has 0 aromatic carbocycles. The van der Waals surface area contributed by atoms with Gasteiger partial charge in [-0.3, -0.25) is 0 Å². The zero-order valence-electron chi connectivity index (χ0n) is 22.2. The van der Waals surface area contributed by atoms with Gasteiger partial charge in [0.2, 0.25) is 0 Å². The fourth-order valence-electron chi connectivity index (χ4n) is 5.12. The third-order valence-electron chi connectivity index (χ3n) is 7.60. The predicted octanol–water partition coefficient (Wildman–Crippen LogP) is 10.3. The third kappa shape index (κ3) is 16.6. The first-order valence-electron chi connectivity index (χ1n) is 14.3. The summed E-state index contributed by atoms with van der Waals surface area (Å²) in [6.45, 7) is 7.04. The molecule has 0 aliphatic heterocycles. The molecule has 0 unspecified atom stereocenters. The second kappa shape index (κ2) is 22.2. The molecular weight excluding hydrogens is 362 g/mol. The summed E-state index contributed by atoms with van der Waals surface area (Å²) in [5.41, 5.74) is 0.459. The van der Waals surface area contributed by atoms with Crippen LogP contribution in [0.25, 0.3) is 0 Å². The van der Waals surface area contributed by atoms with Crippen LogP contribution >= 0.6 is 0 Å². The molecule has 1 heteroatoms. The van der Waals surface area contributed by atoms with Gasteiger partial charge in [0.15, 0.2) is 0 Å². The van der Waals surface area contributed by atoms with E-state index < -0.39 is 0 Å². The molecule has 0 heterocycles. The van der Waals surface area contributed by atoms with Crippen molar-refractivity contribution in [2.24, 2.45) is 0 Å². The molecule has 0 aromatic heterocycles. The molecule has 0 rings (SSSR count). The Morgan fingerprint density at radius 2 is 0.667 bits per heavy atom. The smallest absolute Gasteiger partial charge is 0.0200 e. The lowest BCUT2D eigenvalue weighted by atomic mass is 9.83. The Hall–Kier alpha value is -0.0400. The van der Waals surface area contributed by atoms with Gasteiger partial charge >= 0.3 is 0 Å². The molecule has 1 nitrogen and oxygen atoms in total. The van der Waals surface area contributed by atoms with Crippen LogP contribution in [-0.4, -0.2) is 24.5 Å². The van der Waals surface area contributed by atoms with Gasteiger partial charge < -0.3 is 4.90 Å². The maximum atomic E-state index is 2.56. The highest BCUT2D eigenvalue weighted by Crippen LogP contribution is 2.31. The van der Waals surface area contributed by atoms with E-state index in [2.05, 4.69) is 39.8 Å². The first kappa shape index (κ1) is 30.0. The lowest BCUT2D eigenvalue weighted by Gasteiger charge is -2.40. The van der Waals surface area contributed by atoms with Gasteiger partial charge in [-0.15, -0.1) is 0 Å². The maximum Gasteiger partial charge on any atom is 0.0200 e. The Bertz CT molecular complexity index is 298. The normalized spacial score (nSPS) is 12.2. The summed E-state index contributed by atoms with van der Waals surface area (Å²) in [7, 11) is 4.66. The summed E-state index contributed by atoms with van der Waals surface area (Å²) in [4.78, 5) is 2.56. The summed E-state index contributed by atoms with van der Waals surface area (Å²) < 4.78 is 0. The molecule has 0 bridgehead atoms. The van der Waals surface area contributed by atoms with Crippen molar-refractivity contribution in [3.63, 3.8) is 0 Å². The van der Waals surface area contributed by atoms with Crippen molar-refractivity contribution >= 4 is 0 Å². The number of unbranched alkanes of at least 4 members (excludes halogenated alkanes) is 18. The van der Waals surface area contributed by atoms with E-state index in [9.17, 15) is 0 Å². The number of hydrogen-bond donors (Lipinski definition) is 0. The van der Waals surface area contributed by atoms with Gasteiger partial charge in [-0.25, -0.2) is 0 Å². The Balaban J connectivity index is 3.81. The van der Waals surface area contributed by atoms with E-state index >= 15 is 0 Å². The van der Waals surface area contributed by atoms with Gasteiger partial charge in [-0.05, 0) is 33.4 Å². The molecule has 0 spiro atoms. The molecule has 0 fully saturated rings. The standard InChI is InChI=1S/C29H61N/c1-6-9-11-13-15-17-19-21-23-25-27-29(8-3,30(4)5)28-26-24-22-20-18-16-14-12-10-7-2/h6-28H2,1-5H3. The van der Waals surface area contributed by atoms with E-state index in [1.807, 2.05) is 0 Å². The van der Waals surface area contributed by atoms with Crippen molar-refractivity contribution in [1.82, 2.24) is 4.90 Å². The highest BCUT2D eigenvalue weighted by Gasteiger charge is 2.29. The van der Waals surface area contributed by atoms with Crippen LogP contribution in [0.3, 0.4) is 0 Å². The predicted molar refractivity (Wildman–Crippen MR) is 140 cm³/mol. The molecular formula is C29H61N. The van der Waals surface area contributed by atoms with E-state index in [-0.39, 0.29) is 0 Å². The molecule has 0 radical (unpaired) electrons. The third-order valence-corrected chi connectivity index (χ3v) is 7.60. The molecule has 30 heavy (non-hydrogen) atoms. The van der Waals surface area contributed by atoms with Crippen molar-refractivity contribution in [2.75, 3.05) is 14.1 Å². The van der Waals surface area contributed by atoms with Gasteiger partial charge in [0.1, 0.15) is 0 Å². The average Bonchev–Trinajstić information content (AvgIpc) is 2.74. The number of rotatable bonds is 24. The van der Waals surface area contributed by atoms with Crippen LogP contribution in [0.15, 0.2) is 0 Å². The van der Waals surface area contributed by atoms with Crippen LogP contribution in [0.2, 0.25) is 0 Å². The van der Waals surface area contributed by atoms with Crippen LogP contribution in [0.1, 0.15) is 168 Å². The number of hydrogen-bond acceptors (Lipinski definition) is 1. The van der Waals surface area contributed by atoms with Crippen LogP contribution in [0, 0.1) is 0 Å². The fourth-order valence-corrected chi connectivity index (χ4v) is 5.12. The van der Waals surface area contributed by atoms with E-state index in [1.165, 1.54) is 148 Å². The Morgan fingerprint density at radius 3 is 0.900 bits per heavy atom. The highest BCUT2D eigenvalue weighted by atomic mass is 15.1. The minimum absolute atomic E-state index is 0.459. The molecule has 0 N–H and O–H groups in total. The first-order valence-corrected chi connectivity index (χ1v) is 14.3. The minimum atomic E-state index is 0.459. The fraction of sp³-hybridized carbons (Fsp3) is 1.00. The van der Waals surface area contributed by atoms with Gasteiger partial charge in [-0.2, -0.15) is 0 Å². The lowest BCUT2D eigenvalue weighted by Crippen LogP contribution is -2.43. The van der Waals surface area contributed by atoms with Crippen molar-refractivity contribution in [1.29, 1.82) is 0 Å². The van der Waals surface area contributed by atoms with Crippen molar-refractivity contribution in [2.45, 2.75) is 174 Å². The molecule has 0 aliphatic rings. The molecule has 0 saturated heterocycles. The van der Waals surface area contributed by atoms with E-state index in [4.69, 9.17) is 0 Å². The second-order valence-corrected chi connectivity index (χ2v) is 10.3. The van der Waals surface area contributed by atoms with E-state index in [1.54, 1.807) is 0 Å². The molecule has 182 valence electrons. The molecule has 0 atom stereocenters. The number of nitrogens with zero attached hydrogens (tertiary/aromatic N) is 1.